The van der Waals surface area contributed by atoms with Gasteiger partial charge in [-0.3, -0.25) is 0 Å². The minimum Gasteiger partial charge on any atom is -0.381 e. The second-order valence-corrected chi connectivity index (χ2v) is 7.56. The van der Waals surface area contributed by atoms with E-state index < -0.39 is 10.0 Å². The summed E-state index contributed by atoms with van der Waals surface area (Å²) >= 11 is 0. The topological polar surface area (TPSA) is 46.6 Å². The van der Waals surface area contributed by atoms with Crippen LogP contribution >= 0.6 is 0 Å². The maximum absolute atomic E-state index is 12.2. The molecule has 2 aliphatic rings. The van der Waals surface area contributed by atoms with Crippen LogP contribution in [-0.2, 0) is 14.8 Å². The standard InChI is InChI=1S/C12H23NO3S/c1-13(8-12-6-7-16-9-12)17(14,15)10-11-4-2-3-5-11/h11-12H,2-10H2,1H3. The Hall–Kier alpha value is -0.130. The highest BCUT2D eigenvalue weighted by Gasteiger charge is 2.28. The van der Waals surface area contributed by atoms with Crippen molar-refractivity contribution in [1.29, 1.82) is 0 Å². The molecule has 2 fully saturated rings. The molecule has 0 N–H and O–H groups in total. The van der Waals surface area contributed by atoms with Gasteiger partial charge in [0.05, 0.1) is 12.4 Å². The normalized spacial score (nSPS) is 27.1. The van der Waals surface area contributed by atoms with Crippen LogP contribution in [0.1, 0.15) is 32.1 Å². The van der Waals surface area contributed by atoms with Gasteiger partial charge in [0.2, 0.25) is 10.0 Å². The molecule has 0 radical (unpaired) electrons. The third-order valence-electron chi connectivity index (χ3n) is 3.94. The van der Waals surface area contributed by atoms with Gasteiger partial charge in [-0.25, -0.2) is 12.7 Å². The van der Waals surface area contributed by atoms with E-state index in [2.05, 4.69) is 0 Å². The zero-order valence-electron chi connectivity index (χ0n) is 10.6. The molecule has 0 aromatic carbocycles. The van der Waals surface area contributed by atoms with Crippen molar-refractivity contribution >= 4 is 10.0 Å². The van der Waals surface area contributed by atoms with E-state index in [1.807, 2.05) is 0 Å². The van der Waals surface area contributed by atoms with Crippen molar-refractivity contribution in [2.24, 2.45) is 11.8 Å². The van der Waals surface area contributed by atoms with Crippen LogP contribution in [0, 0.1) is 11.8 Å². The largest absolute Gasteiger partial charge is 0.381 e. The lowest BCUT2D eigenvalue weighted by Crippen LogP contribution is -2.35. The van der Waals surface area contributed by atoms with E-state index in [0.717, 1.165) is 25.9 Å². The summed E-state index contributed by atoms with van der Waals surface area (Å²) in [6, 6.07) is 0. The van der Waals surface area contributed by atoms with Crippen molar-refractivity contribution in [2.45, 2.75) is 32.1 Å². The third-order valence-corrected chi connectivity index (χ3v) is 5.93. The molecule has 0 aromatic heterocycles. The van der Waals surface area contributed by atoms with Gasteiger partial charge in [0.25, 0.3) is 0 Å². The summed E-state index contributed by atoms with van der Waals surface area (Å²) in [6.07, 6.45) is 5.54. The molecule has 1 aliphatic carbocycles. The van der Waals surface area contributed by atoms with Crippen molar-refractivity contribution in [3.8, 4) is 0 Å². The molecule has 4 nitrogen and oxygen atoms in total. The number of hydrogen-bond donors (Lipinski definition) is 0. The Bertz CT molecular complexity index is 330. The SMILES string of the molecule is CN(CC1CCOC1)S(=O)(=O)CC1CCCC1. The van der Waals surface area contributed by atoms with E-state index in [9.17, 15) is 8.42 Å². The molecule has 100 valence electrons. The van der Waals surface area contributed by atoms with Gasteiger partial charge in [-0.15, -0.1) is 0 Å². The summed E-state index contributed by atoms with van der Waals surface area (Å²) in [6.45, 7) is 2.11. The molecule has 5 heteroatoms. The first kappa shape index (κ1) is 13.3. The van der Waals surface area contributed by atoms with Gasteiger partial charge in [0.1, 0.15) is 0 Å². The summed E-state index contributed by atoms with van der Waals surface area (Å²) in [5.41, 5.74) is 0. The average molecular weight is 261 g/mol. The quantitative estimate of drug-likeness (QED) is 0.753. The smallest absolute Gasteiger partial charge is 0.214 e. The Morgan fingerprint density at radius 2 is 1.88 bits per heavy atom. The molecule has 1 aliphatic heterocycles. The van der Waals surface area contributed by atoms with Gasteiger partial charge in [0, 0.05) is 20.2 Å². The fourth-order valence-corrected chi connectivity index (χ4v) is 4.43. The Balaban J connectivity index is 1.84. The van der Waals surface area contributed by atoms with E-state index in [1.165, 1.54) is 12.8 Å². The second kappa shape index (κ2) is 5.67. The summed E-state index contributed by atoms with van der Waals surface area (Å²) in [7, 11) is -1.34. The maximum Gasteiger partial charge on any atom is 0.214 e. The van der Waals surface area contributed by atoms with E-state index >= 15 is 0 Å². The van der Waals surface area contributed by atoms with Crippen molar-refractivity contribution in [2.75, 3.05) is 32.6 Å². The number of rotatable bonds is 5. The fraction of sp³-hybridized carbons (Fsp3) is 1.00. The van der Waals surface area contributed by atoms with Crippen LogP contribution in [0.2, 0.25) is 0 Å². The van der Waals surface area contributed by atoms with Gasteiger partial charge >= 0.3 is 0 Å². The highest BCUT2D eigenvalue weighted by Crippen LogP contribution is 2.27. The van der Waals surface area contributed by atoms with Crippen LogP contribution in [0.3, 0.4) is 0 Å². The molecule has 0 amide bonds. The van der Waals surface area contributed by atoms with Gasteiger partial charge in [-0.2, -0.15) is 0 Å². The zero-order valence-corrected chi connectivity index (χ0v) is 11.4. The van der Waals surface area contributed by atoms with Crippen LogP contribution in [0.4, 0.5) is 0 Å². The van der Waals surface area contributed by atoms with Gasteiger partial charge < -0.3 is 4.74 Å². The van der Waals surface area contributed by atoms with Crippen LogP contribution in [0.25, 0.3) is 0 Å². The van der Waals surface area contributed by atoms with Crippen molar-refractivity contribution in [3.63, 3.8) is 0 Å². The maximum atomic E-state index is 12.2. The summed E-state index contributed by atoms with van der Waals surface area (Å²) in [5, 5.41) is 0. The second-order valence-electron chi connectivity index (χ2n) is 5.44. The molecule has 0 spiro atoms. The predicted octanol–water partition coefficient (Wildman–Crippen LogP) is 1.47. The molecule has 1 heterocycles. The van der Waals surface area contributed by atoms with Crippen LogP contribution in [-0.4, -0.2) is 45.3 Å². The van der Waals surface area contributed by atoms with Crippen LogP contribution < -0.4 is 0 Å². The average Bonchev–Trinajstić information content (AvgIpc) is 2.90. The molecule has 0 aromatic rings. The third kappa shape index (κ3) is 3.66. The molecule has 2 rings (SSSR count). The molecule has 1 unspecified atom stereocenters. The lowest BCUT2D eigenvalue weighted by Gasteiger charge is -2.21. The molecule has 1 saturated carbocycles. The molecule has 1 atom stereocenters. The lowest BCUT2D eigenvalue weighted by atomic mass is 10.1. The van der Waals surface area contributed by atoms with E-state index in [4.69, 9.17) is 4.74 Å². The van der Waals surface area contributed by atoms with Gasteiger partial charge in [-0.05, 0) is 31.1 Å². The van der Waals surface area contributed by atoms with E-state index in [-0.39, 0.29) is 0 Å². The van der Waals surface area contributed by atoms with Crippen molar-refractivity contribution < 1.29 is 13.2 Å². The van der Waals surface area contributed by atoms with Gasteiger partial charge in [-0.1, -0.05) is 12.8 Å². The lowest BCUT2D eigenvalue weighted by molar-refractivity contribution is 0.182. The van der Waals surface area contributed by atoms with E-state index in [1.54, 1.807) is 11.4 Å². The molecule has 0 bridgehead atoms. The summed E-state index contributed by atoms with van der Waals surface area (Å²) in [5.74, 6) is 1.12. The monoisotopic (exact) mass is 261 g/mol. The number of sulfonamides is 1. The van der Waals surface area contributed by atoms with Crippen LogP contribution in [0.15, 0.2) is 0 Å². The summed E-state index contributed by atoms with van der Waals surface area (Å²) in [4.78, 5) is 0. The molecule has 17 heavy (non-hydrogen) atoms. The van der Waals surface area contributed by atoms with Crippen LogP contribution in [0.5, 0.6) is 0 Å². The molecular formula is C12H23NO3S. The Morgan fingerprint density at radius 3 is 2.47 bits per heavy atom. The predicted molar refractivity (Wildman–Crippen MR) is 67.3 cm³/mol. The summed E-state index contributed by atoms with van der Waals surface area (Å²) < 4.78 is 31.1. The number of nitrogens with zero attached hydrogens (tertiary/aromatic N) is 1. The minimum absolute atomic E-state index is 0.344. The molecular weight excluding hydrogens is 238 g/mol. The molecule has 1 saturated heterocycles. The first-order valence-electron chi connectivity index (χ1n) is 6.59. The Labute approximate surface area is 104 Å². The van der Waals surface area contributed by atoms with E-state index in [0.29, 0.717) is 30.7 Å². The first-order valence-corrected chi connectivity index (χ1v) is 8.20. The zero-order chi connectivity index (χ0) is 12.3. The minimum atomic E-state index is -3.05. The van der Waals surface area contributed by atoms with Crippen molar-refractivity contribution in [3.05, 3.63) is 0 Å². The number of ether oxygens (including phenoxy) is 1. The highest BCUT2D eigenvalue weighted by molar-refractivity contribution is 7.89. The van der Waals surface area contributed by atoms with Crippen molar-refractivity contribution in [1.82, 2.24) is 4.31 Å². The Morgan fingerprint density at radius 1 is 1.18 bits per heavy atom. The number of hydrogen-bond acceptors (Lipinski definition) is 3. The first-order chi connectivity index (χ1) is 8.08. The highest BCUT2D eigenvalue weighted by atomic mass is 32.2. The van der Waals surface area contributed by atoms with Gasteiger partial charge in [0.15, 0.2) is 0 Å². The fourth-order valence-electron chi connectivity index (χ4n) is 2.81. The Kier molecular flexibility index (Phi) is 4.44.